The average Bonchev–Trinajstić information content (AvgIpc) is 2.88. The van der Waals surface area contributed by atoms with Crippen molar-refractivity contribution in [3.63, 3.8) is 0 Å². The van der Waals surface area contributed by atoms with E-state index in [0.29, 0.717) is 12.0 Å². The van der Waals surface area contributed by atoms with E-state index in [9.17, 15) is 10.1 Å². The molecule has 0 spiro atoms. The number of halogens is 1. The summed E-state index contributed by atoms with van der Waals surface area (Å²) in [5.41, 5.74) is 0.819. The topological polar surface area (TPSA) is 43.1 Å². The van der Waals surface area contributed by atoms with Gasteiger partial charge in [0.1, 0.15) is 0 Å². The predicted octanol–water partition coefficient (Wildman–Crippen LogP) is 4.74. The molecule has 1 aromatic heterocycles. The predicted molar refractivity (Wildman–Crippen MR) is 79.1 cm³/mol. The van der Waals surface area contributed by atoms with E-state index in [4.69, 9.17) is 11.6 Å². The number of rotatable bonds is 5. The van der Waals surface area contributed by atoms with Crippen LogP contribution in [0.5, 0.6) is 0 Å². The third kappa shape index (κ3) is 3.33. The smallest absolute Gasteiger partial charge is 0.258 e. The zero-order chi connectivity index (χ0) is 13.8. The van der Waals surface area contributed by atoms with Gasteiger partial charge in [-0.1, -0.05) is 25.1 Å². The molecule has 1 unspecified atom stereocenters. The average molecular weight is 296 g/mol. The highest BCUT2D eigenvalue weighted by Crippen LogP contribution is 2.33. The first kappa shape index (κ1) is 14.0. The van der Waals surface area contributed by atoms with E-state index >= 15 is 0 Å². The third-order valence-corrected chi connectivity index (χ3v) is 4.79. The number of hydrogen-bond acceptors (Lipinski definition) is 3. The first-order valence-corrected chi connectivity index (χ1v) is 7.32. The highest BCUT2D eigenvalue weighted by atomic mass is 35.5. The molecule has 0 amide bonds. The molecule has 0 radical (unpaired) electrons. The molecule has 0 saturated heterocycles. The number of aryl methyl sites for hydroxylation is 1. The van der Waals surface area contributed by atoms with Gasteiger partial charge in [-0.05, 0) is 18.6 Å². The second kappa shape index (κ2) is 6.17. The molecule has 100 valence electrons. The van der Waals surface area contributed by atoms with Crippen molar-refractivity contribution >= 4 is 28.6 Å². The maximum atomic E-state index is 11.0. The lowest BCUT2D eigenvalue weighted by Crippen LogP contribution is -1.99. The number of alkyl halides is 1. The molecule has 1 heterocycles. The summed E-state index contributed by atoms with van der Waals surface area (Å²) in [4.78, 5) is 12.9. The maximum absolute atomic E-state index is 11.0. The molecule has 19 heavy (non-hydrogen) atoms. The summed E-state index contributed by atoms with van der Waals surface area (Å²) >= 11 is 8.05. The molecule has 2 rings (SSSR count). The molecule has 0 aliphatic carbocycles. The van der Waals surface area contributed by atoms with Gasteiger partial charge in [-0.3, -0.25) is 10.1 Å². The van der Waals surface area contributed by atoms with Gasteiger partial charge in [0.05, 0.1) is 10.3 Å². The van der Waals surface area contributed by atoms with Gasteiger partial charge in [-0.25, -0.2) is 0 Å². The Morgan fingerprint density at radius 2 is 2.05 bits per heavy atom. The van der Waals surface area contributed by atoms with Gasteiger partial charge in [0.15, 0.2) is 0 Å². The summed E-state index contributed by atoms with van der Waals surface area (Å²) in [5, 5.41) is 10.7. The van der Waals surface area contributed by atoms with Crippen LogP contribution in [0.1, 0.15) is 27.6 Å². The second-order valence-corrected chi connectivity index (χ2v) is 5.94. The minimum atomic E-state index is -0.356. The molecular formula is C14H14ClNO2S. The first-order chi connectivity index (χ1) is 9.11. The van der Waals surface area contributed by atoms with Gasteiger partial charge in [0, 0.05) is 27.8 Å². The van der Waals surface area contributed by atoms with Gasteiger partial charge in [-0.15, -0.1) is 22.9 Å². The fourth-order valence-corrected chi connectivity index (χ4v) is 3.21. The van der Waals surface area contributed by atoms with Crippen LogP contribution >= 0.6 is 22.9 Å². The molecule has 0 fully saturated rings. The van der Waals surface area contributed by atoms with Gasteiger partial charge in [0.25, 0.3) is 5.69 Å². The summed E-state index contributed by atoms with van der Waals surface area (Å²) in [7, 11) is 0. The van der Waals surface area contributed by atoms with Crippen LogP contribution in [0.15, 0.2) is 36.4 Å². The van der Waals surface area contributed by atoms with Crippen molar-refractivity contribution in [2.75, 3.05) is 0 Å². The Morgan fingerprint density at radius 1 is 1.32 bits per heavy atom. The molecule has 3 nitrogen and oxygen atoms in total. The van der Waals surface area contributed by atoms with Crippen molar-refractivity contribution in [3.05, 3.63) is 61.8 Å². The van der Waals surface area contributed by atoms with Gasteiger partial charge < -0.3 is 0 Å². The van der Waals surface area contributed by atoms with Crippen LogP contribution < -0.4 is 0 Å². The van der Waals surface area contributed by atoms with E-state index in [-0.39, 0.29) is 16.0 Å². The van der Waals surface area contributed by atoms with Crippen molar-refractivity contribution in [3.8, 4) is 0 Å². The molecule has 0 aliphatic heterocycles. The Labute approximate surface area is 121 Å². The normalized spacial score (nSPS) is 12.3. The quantitative estimate of drug-likeness (QED) is 0.454. The van der Waals surface area contributed by atoms with E-state index < -0.39 is 0 Å². The van der Waals surface area contributed by atoms with Crippen LogP contribution in [0.25, 0.3) is 0 Å². The van der Waals surface area contributed by atoms with Crippen molar-refractivity contribution in [2.24, 2.45) is 0 Å². The largest absolute Gasteiger partial charge is 0.272 e. The summed E-state index contributed by atoms with van der Waals surface area (Å²) in [5.74, 6) is 0. The lowest BCUT2D eigenvalue weighted by atomic mass is 10.1. The summed E-state index contributed by atoms with van der Waals surface area (Å²) in [6, 6.07) is 10.8. The highest BCUT2D eigenvalue weighted by Gasteiger charge is 2.18. The minimum absolute atomic E-state index is 0.139. The minimum Gasteiger partial charge on any atom is -0.258 e. The van der Waals surface area contributed by atoms with Crippen LogP contribution in [0.2, 0.25) is 0 Å². The Balaban J connectivity index is 2.19. The van der Waals surface area contributed by atoms with Gasteiger partial charge in [0.2, 0.25) is 0 Å². The van der Waals surface area contributed by atoms with Crippen molar-refractivity contribution in [1.29, 1.82) is 0 Å². The number of para-hydroxylation sites is 1. The maximum Gasteiger partial charge on any atom is 0.272 e. The fraction of sp³-hybridized carbons (Fsp3) is 0.286. The monoisotopic (exact) mass is 295 g/mol. The zero-order valence-electron chi connectivity index (χ0n) is 10.5. The Hall–Kier alpha value is -1.39. The molecule has 1 aromatic carbocycles. The molecule has 0 N–H and O–H groups in total. The number of thiophene rings is 1. The Bertz CT molecular complexity index is 582. The summed E-state index contributed by atoms with van der Waals surface area (Å²) in [6.45, 7) is 2.10. The van der Waals surface area contributed by atoms with Crippen molar-refractivity contribution in [2.45, 2.75) is 25.1 Å². The van der Waals surface area contributed by atoms with E-state index in [1.54, 1.807) is 29.5 Å². The number of hydrogen-bond donors (Lipinski definition) is 0. The van der Waals surface area contributed by atoms with Gasteiger partial charge >= 0.3 is 0 Å². The van der Waals surface area contributed by atoms with Gasteiger partial charge in [-0.2, -0.15) is 0 Å². The Morgan fingerprint density at radius 3 is 2.68 bits per heavy atom. The molecular weight excluding hydrogens is 282 g/mol. The van der Waals surface area contributed by atoms with E-state index in [0.717, 1.165) is 11.3 Å². The van der Waals surface area contributed by atoms with Crippen LogP contribution in [0, 0.1) is 10.1 Å². The number of nitrogens with zero attached hydrogens (tertiary/aromatic N) is 1. The highest BCUT2D eigenvalue weighted by molar-refractivity contribution is 7.12. The Kier molecular flexibility index (Phi) is 4.56. The number of nitro groups is 1. The summed E-state index contributed by atoms with van der Waals surface area (Å²) < 4.78 is 0. The van der Waals surface area contributed by atoms with Crippen molar-refractivity contribution in [1.82, 2.24) is 0 Å². The molecule has 0 aliphatic rings. The van der Waals surface area contributed by atoms with E-state index in [2.05, 4.69) is 13.0 Å². The third-order valence-electron chi connectivity index (χ3n) is 2.93. The summed E-state index contributed by atoms with van der Waals surface area (Å²) in [6.07, 6.45) is 1.46. The molecule has 0 saturated carbocycles. The lowest BCUT2D eigenvalue weighted by molar-refractivity contribution is -0.385. The molecule has 1 atom stereocenters. The first-order valence-electron chi connectivity index (χ1n) is 6.06. The SMILES string of the molecule is CCc1ccc(C(Cl)Cc2ccccc2[N+](=O)[O-])s1. The zero-order valence-corrected chi connectivity index (χ0v) is 12.1. The lowest BCUT2D eigenvalue weighted by Gasteiger charge is -2.07. The van der Waals surface area contributed by atoms with Crippen LogP contribution in [-0.4, -0.2) is 4.92 Å². The second-order valence-electron chi connectivity index (χ2n) is 4.22. The molecule has 2 aromatic rings. The van der Waals surface area contributed by atoms with E-state index in [1.807, 2.05) is 6.07 Å². The van der Waals surface area contributed by atoms with Crippen LogP contribution in [-0.2, 0) is 12.8 Å². The van der Waals surface area contributed by atoms with Crippen molar-refractivity contribution < 1.29 is 4.92 Å². The fourth-order valence-electron chi connectivity index (χ4n) is 1.91. The van der Waals surface area contributed by atoms with Crippen LogP contribution in [0.3, 0.4) is 0 Å². The number of benzene rings is 1. The molecule has 5 heteroatoms. The standard InChI is InChI=1S/C14H14ClNO2S/c1-2-11-7-8-14(19-11)12(15)9-10-5-3-4-6-13(10)16(17)18/h3-8,12H,2,9H2,1H3. The van der Waals surface area contributed by atoms with E-state index in [1.165, 1.54) is 10.9 Å². The number of nitro benzene ring substituents is 1. The molecule has 0 bridgehead atoms. The van der Waals surface area contributed by atoms with Crippen LogP contribution in [0.4, 0.5) is 5.69 Å².